The van der Waals surface area contributed by atoms with Gasteiger partial charge in [-0.15, -0.1) is 0 Å². The molecule has 0 unspecified atom stereocenters. The number of hydrogen-bond donors (Lipinski definition) is 1. The zero-order valence-electron chi connectivity index (χ0n) is 12.8. The molecule has 0 spiro atoms. The van der Waals surface area contributed by atoms with Crippen LogP contribution < -0.4 is 10.9 Å². The number of aromatic nitrogens is 2. The molecule has 21 heavy (non-hydrogen) atoms. The van der Waals surface area contributed by atoms with Crippen LogP contribution in [0.2, 0.25) is 0 Å². The van der Waals surface area contributed by atoms with E-state index < -0.39 is 0 Å². The molecule has 5 nitrogen and oxygen atoms in total. The second kappa shape index (κ2) is 7.96. The fraction of sp³-hybridized carbons (Fsp3) is 0.688. The molecule has 1 aromatic heterocycles. The molecule has 1 saturated carbocycles. The number of nitrogens with one attached hydrogen (secondary N) is 1. The van der Waals surface area contributed by atoms with E-state index in [0.29, 0.717) is 18.8 Å². The minimum absolute atomic E-state index is 0.158. The molecule has 1 amide bonds. The van der Waals surface area contributed by atoms with Gasteiger partial charge in [-0.1, -0.05) is 32.6 Å². The van der Waals surface area contributed by atoms with Gasteiger partial charge in [0.2, 0.25) is 0 Å². The molecule has 1 aliphatic carbocycles. The summed E-state index contributed by atoms with van der Waals surface area (Å²) in [7, 11) is 0. The highest BCUT2D eigenvalue weighted by Crippen LogP contribution is 2.28. The fourth-order valence-electron chi connectivity index (χ4n) is 2.92. The summed E-state index contributed by atoms with van der Waals surface area (Å²) in [5, 5.41) is 7.01. The first-order valence-electron chi connectivity index (χ1n) is 8.07. The second-order valence-corrected chi connectivity index (χ2v) is 5.83. The summed E-state index contributed by atoms with van der Waals surface area (Å²) in [6, 6.07) is 2.91. The number of carbonyl (C=O) groups excluding carboxylic acids is 1. The molecule has 0 saturated heterocycles. The Morgan fingerprint density at radius 2 is 2.14 bits per heavy atom. The smallest absolute Gasteiger partial charge is 0.271 e. The Morgan fingerprint density at radius 3 is 2.86 bits per heavy atom. The van der Waals surface area contributed by atoms with Crippen molar-refractivity contribution in [2.45, 2.75) is 58.4 Å². The van der Waals surface area contributed by atoms with E-state index in [0.717, 1.165) is 18.8 Å². The van der Waals surface area contributed by atoms with Gasteiger partial charge in [-0.3, -0.25) is 9.59 Å². The Balaban J connectivity index is 1.79. The molecule has 116 valence electrons. The van der Waals surface area contributed by atoms with Crippen molar-refractivity contribution in [1.82, 2.24) is 15.1 Å². The van der Waals surface area contributed by atoms with Crippen LogP contribution in [0.1, 0.15) is 62.4 Å². The Bertz CT molecular complexity index is 518. The Kier molecular flexibility index (Phi) is 5.96. The molecule has 1 heterocycles. The Labute approximate surface area is 125 Å². The van der Waals surface area contributed by atoms with E-state index in [1.54, 1.807) is 0 Å². The third-order valence-corrected chi connectivity index (χ3v) is 4.08. The molecule has 1 aliphatic rings. The lowest BCUT2D eigenvalue weighted by Gasteiger charge is -2.09. The van der Waals surface area contributed by atoms with Crippen molar-refractivity contribution >= 4 is 5.91 Å². The Morgan fingerprint density at radius 1 is 1.38 bits per heavy atom. The molecular weight excluding hydrogens is 266 g/mol. The van der Waals surface area contributed by atoms with E-state index >= 15 is 0 Å². The minimum atomic E-state index is -0.189. The normalized spacial score (nSPS) is 15.3. The molecule has 5 heteroatoms. The van der Waals surface area contributed by atoms with Crippen LogP contribution in [0, 0.1) is 5.92 Å². The van der Waals surface area contributed by atoms with E-state index in [9.17, 15) is 9.59 Å². The third-order valence-electron chi connectivity index (χ3n) is 4.08. The average Bonchev–Trinajstić information content (AvgIpc) is 2.99. The van der Waals surface area contributed by atoms with Crippen molar-refractivity contribution in [3.8, 4) is 0 Å². The standard InChI is InChI=1S/C16H25N3O2/c1-2-12-19-15(20)10-9-14(18-19)16(21)17-11-5-8-13-6-3-4-7-13/h9-10,13H,2-8,11-12H2,1H3,(H,17,21). The molecular formula is C16H25N3O2. The lowest BCUT2D eigenvalue weighted by Crippen LogP contribution is -2.30. The molecule has 1 aromatic rings. The number of carbonyl (C=O) groups is 1. The van der Waals surface area contributed by atoms with Gasteiger partial charge in [0.15, 0.2) is 0 Å². The van der Waals surface area contributed by atoms with Crippen LogP contribution in [0.15, 0.2) is 16.9 Å². The van der Waals surface area contributed by atoms with Gasteiger partial charge in [0.25, 0.3) is 11.5 Å². The molecule has 2 rings (SSSR count). The van der Waals surface area contributed by atoms with Gasteiger partial charge < -0.3 is 5.32 Å². The summed E-state index contributed by atoms with van der Waals surface area (Å²) in [6.07, 6.45) is 8.45. The summed E-state index contributed by atoms with van der Waals surface area (Å²) in [5.74, 6) is 0.665. The highest BCUT2D eigenvalue weighted by molar-refractivity contribution is 5.91. The zero-order chi connectivity index (χ0) is 15.1. The maximum atomic E-state index is 12.0. The van der Waals surface area contributed by atoms with Gasteiger partial charge >= 0.3 is 0 Å². The molecule has 0 aromatic carbocycles. The molecule has 1 fully saturated rings. The highest BCUT2D eigenvalue weighted by Gasteiger charge is 2.14. The van der Waals surface area contributed by atoms with Crippen LogP contribution in [0.25, 0.3) is 0 Å². The maximum absolute atomic E-state index is 12.0. The van der Waals surface area contributed by atoms with Crippen LogP contribution in [0.3, 0.4) is 0 Å². The average molecular weight is 291 g/mol. The Hall–Kier alpha value is -1.65. The fourth-order valence-corrected chi connectivity index (χ4v) is 2.92. The van der Waals surface area contributed by atoms with Crippen molar-refractivity contribution < 1.29 is 4.79 Å². The second-order valence-electron chi connectivity index (χ2n) is 5.83. The maximum Gasteiger partial charge on any atom is 0.271 e. The van der Waals surface area contributed by atoms with Gasteiger partial charge in [-0.25, -0.2) is 4.68 Å². The predicted octanol–water partition coefficient (Wildman–Crippen LogP) is 2.35. The molecule has 0 aliphatic heterocycles. The van der Waals surface area contributed by atoms with Crippen molar-refractivity contribution in [2.24, 2.45) is 5.92 Å². The summed E-state index contributed by atoms with van der Waals surface area (Å²) in [5.41, 5.74) is 0.165. The number of amides is 1. The van der Waals surface area contributed by atoms with E-state index in [1.165, 1.54) is 48.9 Å². The first-order chi connectivity index (χ1) is 10.2. The zero-order valence-corrected chi connectivity index (χ0v) is 12.8. The largest absolute Gasteiger partial charge is 0.351 e. The van der Waals surface area contributed by atoms with Crippen molar-refractivity contribution in [2.75, 3.05) is 6.54 Å². The monoisotopic (exact) mass is 291 g/mol. The van der Waals surface area contributed by atoms with Gasteiger partial charge in [-0.2, -0.15) is 5.10 Å². The lowest BCUT2D eigenvalue weighted by atomic mass is 10.0. The number of hydrogen-bond acceptors (Lipinski definition) is 3. The van der Waals surface area contributed by atoms with E-state index in [-0.39, 0.29) is 11.5 Å². The van der Waals surface area contributed by atoms with Crippen LogP contribution in [-0.2, 0) is 6.54 Å². The molecule has 0 bridgehead atoms. The quantitative estimate of drug-likeness (QED) is 0.784. The van der Waals surface area contributed by atoms with Gasteiger partial charge in [0.1, 0.15) is 5.69 Å². The SMILES string of the molecule is CCCn1nc(C(=O)NCCCC2CCCC2)ccc1=O. The predicted molar refractivity (Wildman–Crippen MR) is 82.3 cm³/mol. The molecule has 0 radical (unpaired) electrons. The topological polar surface area (TPSA) is 64.0 Å². The van der Waals surface area contributed by atoms with E-state index in [1.807, 2.05) is 6.92 Å². The van der Waals surface area contributed by atoms with Crippen LogP contribution >= 0.6 is 0 Å². The van der Waals surface area contributed by atoms with Crippen molar-refractivity contribution in [3.63, 3.8) is 0 Å². The van der Waals surface area contributed by atoms with E-state index in [4.69, 9.17) is 0 Å². The molecule has 1 N–H and O–H groups in total. The van der Waals surface area contributed by atoms with Gasteiger partial charge in [0, 0.05) is 19.2 Å². The molecule has 0 atom stereocenters. The third kappa shape index (κ3) is 4.69. The van der Waals surface area contributed by atoms with Crippen LogP contribution in [0.5, 0.6) is 0 Å². The minimum Gasteiger partial charge on any atom is -0.351 e. The number of nitrogens with zero attached hydrogens (tertiary/aromatic N) is 2. The van der Waals surface area contributed by atoms with Gasteiger partial charge in [-0.05, 0) is 31.2 Å². The summed E-state index contributed by atoms with van der Waals surface area (Å²) in [6.45, 7) is 3.20. The highest BCUT2D eigenvalue weighted by atomic mass is 16.2. The lowest BCUT2D eigenvalue weighted by molar-refractivity contribution is 0.0945. The summed E-state index contributed by atoms with van der Waals surface area (Å²) in [4.78, 5) is 23.6. The summed E-state index contributed by atoms with van der Waals surface area (Å²) < 4.78 is 1.35. The number of aryl methyl sites for hydroxylation is 1. The van der Waals surface area contributed by atoms with Crippen molar-refractivity contribution in [1.29, 1.82) is 0 Å². The van der Waals surface area contributed by atoms with E-state index in [2.05, 4.69) is 10.4 Å². The van der Waals surface area contributed by atoms with Crippen LogP contribution in [-0.4, -0.2) is 22.2 Å². The first kappa shape index (κ1) is 15.7. The summed E-state index contributed by atoms with van der Waals surface area (Å²) >= 11 is 0. The van der Waals surface area contributed by atoms with Crippen molar-refractivity contribution in [3.05, 3.63) is 28.2 Å². The van der Waals surface area contributed by atoms with Crippen LogP contribution in [0.4, 0.5) is 0 Å². The number of rotatable bonds is 7. The van der Waals surface area contributed by atoms with Gasteiger partial charge in [0.05, 0.1) is 0 Å². The first-order valence-corrected chi connectivity index (χ1v) is 8.07.